The van der Waals surface area contributed by atoms with Crippen LogP contribution in [-0.2, 0) is 9.47 Å². The summed E-state index contributed by atoms with van der Waals surface area (Å²) in [5.41, 5.74) is -0.583. The number of ether oxygens (including phenoxy) is 2. The van der Waals surface area contributed by atoms with Gasteiger partial charge in [-0.15, -0.1) is 0 Å². The highest BCUT2D eigenvalue weighted by Crippen LogP contribution is 2.17. The van der Waals surface area contributed by atoms with E-state index in [2.05, 4.69) is 9.47 Å². The minimum Gasteiger partial charge on any atom is -0.465 e. The molecule has 0 saturated carbocycles. The number of rotatable bonds is 3. The number of nitrogens with one attached hydrogen (secondary N) is 1. The van der Waals surface area contributed by atoms with Crippen LogP contribution in [0.4, 0.5) is 28.0 Å². The van der Waals surface area contributed by atoms with Crippen molar-refractivity contribution < 1.29 is 36.6 Å². The SMILES string of the molecule is COC(=O)c1cc(NC(=O)OCC(F)(F)F)ccc1F. The van der Waals surface area contributed by atoms with Gasteiger partial charge in [0.15, 0.2) is 6.61 Å². The molecule has 110 valence electrons. The summed E-state index contributed by atoms with van der Waals surface area (Å²) in [5.74, 6) is -1.89. The van der Waals surface area contributed by atoms with Crippen LogP contribution in [0.2, 0.25) is 0 Å². The quantitative estimate of drug-likeness (QED) is 0.688. The number of amides is 1. The van der Waals surface area contributed by atoms with E-state index in [-0.39, 0.29) is 5.69 Å². The van der Waals surface area contributed by atoms with E-state index in [1.54, 1.807) is 0 Å². The van der Waals surface area contributed by atoms with Gasteiger partial charge in [-0.05, 0) is 18.2 Å². The number of esters is 1. The molecule has 1 N–H and O–H groups in total. The molecule has 0 spiro atoms. The van der Waals surface area contributed by atoms with Gasteiger partial charge in [0.05, 0.1) is 12.7 Å². The third-order valence-electron chi connectivity index (χ3n) is 1.98. The van der Waals surface area contributed by atoms with Gasteiger partial charge in [0.1, 0.15) is 5.82 Å². The van der Waals surface area contributed by atoms with E-state index in [0.29, 0.717) is 0 Å². The third kappa shape index (κ3) is 4.75. The monoisotopic (exact) mass is 295 g/mol. The van der Waals surface area contributed by atoms with Crippen molar-refractivity contribution in [3.63, 3.8) is 0 Å². The molecule has 0 atom stereocenters. The molecule has 5 nitrogen and oxygen atoms in total. The van der Waals surface area contributed by atoms with Crippen LogP contribution in [0.25, 0.3) is 0 Å². The zero-order valence-electron chi connectivity index (χ0n) is 10.1. The number of carbonyl (C=O) groups is 2. The molecule has 0 saturated heterocycles. The molecule has 1 amide bonds. The molecule has 0 aliphatic rings. The highest BCUT2D eigenvalue weighted by atomic mass is 19.4. The van der Waals surface area contributed by atoms with Crippen molar-refractivity contribution in [2.45, 2.75) is 6.18 Å². The summed E-state index contributed by atoms with van der Waals surface area (Å²) < 4.78 is 56.9. The number of hydrogen-bond acceptors (Lipinski definition) is 4. The van der Waals surface area contributed by atoms with E-state index in [4.69, 9.17) is 0 Å². The first-order valence-corrected chi connectivity index (χ1v) is 5.11. The average Bonchev–Trinajstić information content (AvgIpc) is 2.37. The minimum atomic E-state index is -4.66. The lowest BCUT2D eigenvalue weighted by Gasteiger charge is -2.10. The maximum absolute atomic E-state index is 13.3. The van der Waals surface area contributed by atoms with Crippen molar-refractivity contribution >= 4 is 17.7 Å². The highest BCUT2D eigenvalue weighted by Gasteiger charge is 2.29. The topological polar surface area (TPSA) is 64.6 Å². The third-order valence-corrected chi connectivity index (χ3v) is 1.98. The van der Waals surface area contributed by atoms with Gasteiger partial charge in [0.25, 0.3) is 0 Å². The first-order chi connectivity index (χ1) is 9.23. The number of alkyl halides is 3. The Morgan fingerprint density at radius 2 is 1.95 bits per heavy atom. The summed E-state index contributed by atoms with van der Waals surface area (Å²) in [6.45, 7) is -1.76. The van der Waals surface area contributed by atoms with Crippen LogP contribution in [0.1, 0.15) is 10.4 Å². The van der Waals surface area contributed by atoms with E-state index in [1.165, 1.54) is 0 Å². The Morgan fingerprint density at radius 3 is 2.50 bits per heavy atom. The number of anilines is 1. The molecule has 1 rings (SSSR count). The van der Waals surface area contributed by atoms with E-state index in [1.807, 2.05) is 5.32 Å². The molecule has 0 aromatic heterocycles. The first-order valence-electron chi connectivity index (χ1n) is 5.11. The van der Waals surface area contributed by atoms with Crippen LogP contribution < -0.4 is 5.32 Å². The summed E-state index contributed by atoms with van der Waals surface area (Å²) in [5, 5.41) is 1.93. The summed E-state index contributed by atoms with van der Waals surface area (Å²) in [4.78, 5) is 22.2. The molecule has 1 aromatic carbocycles. The fourth-order valence-electron chi connectivity index (χ4n) is 1.17. The van der Waals surface area contributed by atoms with Gasteiger partial charge in [-0.3, -0.25) is 5.32 Å². The fourth-order valence-corrected chi connectivity index (χ4v) is 1.17. The van der Waals surface area contributed by atoms with Gasteiger partial charge in [0.2, 0.25) is 0 Å². The van der Waals surface area contributed by atoms with Crippen molar-refractivity contribution in [3.05, 3.63) is 29.6 Å². The van der Waals surface area contributed by atoms with Crippen molar-refractivity contribution in [1.82, 2.24) is 0 Å². The van der Waals surface area contributed by atoms with Crippen LogP contribution in [0.3, 0.4) is 0 Å². The fraction of sp³-hybridized carbons (Fsp3) is 0.273. The number of carbonyl (C=O) groups excluding carboxylic acids is 2. The largest absolute Gasteiger partial charge is 0.465 e. The number of hydrogen-bond donors (Lipinski definition) is 1. The molecule has 0 unspecified atom stereocenters. The second-order valence-electron chi connectivity index (χ2n) is 3.50. The maximum atomic E-state index is 13.3. The molecule has 1 aromatic rings. The Labute approximate surface area is 110 Å². The van der Waals surface area contributed by atoms with Crippen molar-refractivity contribution in [2.75, 3.05) is 19.0 Å². The number of benzene rings is 1. The lowest BCUT2D eigenvalue weighted by Crippen LogP contribution is -2.23. The molecular formula is C11H9F4NO4. The van der Waals surface area contributed by atoms with Gasteiger partial charge in [-0.2, -0.15) is 13.2 Å². The van der Waals surface area contributed by atoms with Crippen LogP contribution >= 0.6 is 0 Å². The summed E-state index contributed by atoms with van der Waals surface area (Å²) >= 11 is 0. The zero-order valence-corrected chi connectivity index (χ0v) is 10.1. The van der Waals surface area contributed by atoms with E-state index in [0.717, 1.165) is 25.3 Å². The Hall–Kier alpha value is -2.32. The lowest BCUT2D eigenvalue weighted by atomic mass is 10.2. The smallest absolute Gasteiger partial charge is 0.422 e. The standard InChI is InChI=1S/C11H9F4NO4/c1-19-9(17)7-4-6(2-3-8(7)12)16-10(18)20-5-11(13,14)15/h2-4H,5H2,1H3,(H,16,18). The molecule has 0 bridgehead atoms. The predicted molar refractivity (Wildman–Crippen MR) is 58.8 cm³/mol. The Kier molecular flexibility index (Phi) is 4.89. The van der Waals surface area contributed by atoms with Gasteiger partial charge in [-0.25, -0.2) is 14.0 Å². The second-order valence-corrected chi connectivity index (χ2v) is 3.50. The molecular weight excluding hydrogens is 286 g/mol. The number of halogens is 4. The maximum Gasteiger partial charge on any atom is 0.422 e. The summed E-state index contributed by atoms with van der Waals surface area (Å²) in [6, 6.07) is 2.82. The summed E-state index contributed by atoms with van der Waals surface area (Å²) in [6.07, 6.45) is -6.04. The van der Waals surface area contributed by atoms with Gasteiger partial charge in [-0.1, -0.05) is 0 Å². The van der Waals surface area contributed by atoms with Crippen molar-refractivity contribution in [3.8, 4) is 0 Å². The Balaban J connectivity index is 2.73. The van der Waals surface area contributed by atoms with Crippen LogP contribution in [-0.4, -0.2) is 32.0 Å². The zero-order chi connectivity index (χ0) is 15.3. The Bertz CT molecular complexity index is 516. The molecule has 0 radical (unpaired) electrons. The summed E-state index contributed by atoms with van der Waals surface area (Å²) in [7, 11) is 1.03. The predicted octanol–water partition coefficient (Wildman–Crippen LogP) is 2.72. The van der Waals surface area contributed by atoms with Crippen LogP contribution in [0, 0.1) is 5.82 Å². The first kappa shape index (κ1) is 15.7. The minimum absolute atomic E-state index is 0.112. The van der Waals surface area contributed by atoms with Crippen LogP contribution in [0.5, 0.6) is 0 Å². The molecule has 0 fully saturated rings. The normalized spacial score (nSPS) is 10.8. The Morgan fingerprint density at radius 1 is 1.30 bits per heavy atom. The highest BCUT2D eigenvalue weighted by molar-refractivity contribution is 5.92. The molecule has 0 heterocycles. The molecule has 0 aliphatic carbocycles. The van der Waals surface area contributed by atoms with E-state index < -0.39 is 36.2 Å². The lowest BCUT2D eigenvalue weighted by molar-refractivity contribution is -0.159. The van der Waals surface area contributed by atoms with E-state index in [9.17, 15) is 27.2 Å². The van der Waals surface area contributed by atoms with E-state index >= 15 is 0 Å². The van der Waals surface area contributed by atoms with Gasteiger partial charge < -0.3 is 9.47 Å². The second kappa shape index (κ2) is 6.22. The molecule has 9 heteroatoms. The van der Waals surface area contributed by atoms with Gasteiger partial charge >= 0.3 is 18.2 Å². The average molecular weight is 295 g/mol. The van der Waals surface area contributed by atoms with Crippen molar-refractivity contribution in [2.24, 2.45) is 0 Å². The molecule has 20 heavy (non-hydrogen) atoms. The van der Waals surface area contributed by atoms with Crippen LogP contribution in [0.15, 0.2) is 18.2 Å². The number of methoxy groups -OCH3 is 1. The van der Waals surface area contributed by atoms with Crippen molar-refractivity contribution in [1.29, 1.82) is 0 Å². The van der Waals surface area contributed by atoms with Gasteiger partial charge in [0, 0.05) is 5.69 Å². The molecule has 0 aliphatic heterocycles.